The zero-order valence-corrected chi connectivity index (χ0v) is 7.72. The van der Waals surface area contributed by atoms with Crippen molar-refractivity contribution < 1.29 is 0 Å². The average Bonchev–Trinajstić information content (AvgIpc) is 2.04. The molecular formula is C8H7BrN2. The molecule has 56 valence electrons. The van der Waals surface area contributed by atoms with Gasteiger partial charge >= 0.3 is 0 Å². The number of aryl methyl sites for hydroxylation is 1. The summed E-state index contributed by atoms with van der Waals surface area (Å²) in [5.74, 6) is 6.54. The van der Waals surface area contributed by atoms with Gasteiger partial charge in [0.25, 0.3) is 0 Å². The largest absolute Gasteiger partial charge is 0.240 e. The summed E-state index contributed by atoms with van der Waals surface area (Å²) in [6, 6.07) is 0. The van der Waals surface area contributed by atoms with Gasteiger partial charge in [0.05, 0.1) is 10.9 Å². The number of nitrogens with zero attached hydrogens (tertiary/aromatic N) is 2. The van der Waals surface area contributed by atoms with Gasteiger partial charge in [-0.25, -0.2) is 9.97 Å². The first-order valence-electron chi connectivity index (χ1n) is 3.16. The van der Waals surface area contributed by atoms with Gasteiger partial charge in [0.2, 0.25) is 0 Å². The summed E-state index contributed by atoms with van der Waals surface area (Å²) in [4.78, 5) is 8.01. The van der Waals surface area contributed by atoms with Gasteiger partial charge < -0.3 is 0 Å². The number of hydrogen-bond acceptors (Lipinski definition) is 2. The van der Waals surface area contributed by atoms with Crippen LogP contribution in [0.1, 0.15) is 11.4 Å². The van der Waals surface area contributed by atoms with Crippen LogP contribution in [0.2, 0.25) is 0 Å². The lowest BCUT2D eigenvalue weighted by Crippen LogP contribution is -1.86. The third kappa shape index (κ3) is 2.69. The summed E-state index contributed by atoms with van der Waals surface area (Å²) in [6.07, 6.45) is 3.44. The van der Waals surface area contributed by atoms with Crippen LogP contribution >= 0.6 is 15.9 Å². The molecule has 0 unspecified atom stereocenters. The van der Waals surface area contributed by atoms with E-state index in [1.807, 2.05) is 6.92 Å². The lowest BCUT2D eigenvalue weighted by Gasteiger charge is -1.88. The molecule has 0 N–H and O–H groups in total. The molecule has 0 amide bonds. The maximum Gasteiger partial charge on any atom is 0.125 e. The summed E-state index contributed by atoms with van der Waals surface area (Å²) in [5, 5.41) is 0.681. The minimum atomic E-state index is 0.681. The molecular weight excluding hydrogens is 204 g/mol. The molecule has 0 radical (unpaired) electrons. The number of aromatic nitrogens is 2. The van der Waals surface area contributed by atoms with E-state index in [1.165, 1.54) is 0 Å². The van der Waals surface area contributed by atoms with E-state index in [0.29, 0.717) is 5.33 Å². The van der Waals surface area contributed by atoms with Crippen LogP contribution < -0.4 is 0 Å². The van der Waals surface area contributed by atoms with Crippen LogP contribution in [0, 0.1) is 18.8 Å². The molecule has 0 saturated carbocycles. The normalized spacial score (nSPS) is 8.55. The Labute approximate surface area is 74.2 Å². The summed E-state index contributed by atoms with van der Waals surface area (Å²) < 4.78 is 0. The van der Waals surface area contributed by atoms with Gasteiger partial charge in [-0.3, -0.25) is 0 Å². The molecule has 11 heavy (non-hydrogen) atoms. The second kappa shape index (κ2) is 4.09. The van der Waals surface area contributed by atoms with Crippen molar-refractivity contribution in [2.75, 3.05) is 5.33 Å². The van der Waals surface area contributed by atoms with Gasteiger partial charge in [-0.1, -0.05) is 27.8 Å². The van der Waals surface area contributed by atoms with Gasteiger partial charge in [-0.15, -0.1) is 0 Å². The highest BCUT2D eigenvalue weighted by Crippen LogP contribution is 1.91. The van der Waals surface area contributed by atoms with Gasteiger partial charge in [-0.05, 0) is 6.92 Å². The van der Waals surface area contributed by atoms with Crippen molar-refractivity contribution in [3.8, 4) is 11.8 Å². The van der Waals surface area contributed by atoms with E-state index in [9.17, 15) is 0 Å². The van der Waals surface area contributed by atoms with Crippen molar-refractivity contribution in [2.24, 2.45) is 0 Å². The quantitative estimate of drug-likeness (QED) is 0.480. The summed E-state index contributed by atoms with van der Waals surface area (Å²) in [5.41, 5.74) is 0.857. The maximum atomic E-state index is 4.00. The van der Waals surface area contributed by atoms with Crippen molar-refractivity contribution in [1.82, 2.24) is 9.97 Å². The zero-order chi connectivity index (χ0) is 8.10. The fourth-order valence-electron chi connectivity index (χ4n) is 0.593. The van der Waals surface area contributed by atoms with E-state index in [4.69, 9.17) is 0 Å². The molecule has 1 aromatic rings. The Morgan fingerprint density at radius 1 is 1.45 bits per heavy atom. The second-order valence-corrected chi connectivity index (χ2v) is 2.52. The van der Waals surface area contributed by atoms with Crippen molar-refractivity contribution in [3.63, 3.8) is 0 Å². The zero-order valence-electron chi connectivity index (χ0n) is 6.13. The first kappa shape index (κ1) is 8.22. The molecule has 0 aliphatic heterocycles. The smallest absolute Gasteiger partial charge is 0.125 e. The summed E-state index contributed by atoms with van der Waals surface area (Å²) in [6.45, 7) is 1.85. The van der Waals surface area contributed by atoms with Crippen LogP contribution in [-0.4, -0.2) is 15.3 Å². The molecule has 0 saturated heterocycles. The Kier molecular flexibility index (Phi) is 3.06. The van der Waals surface area contributed by atoms with E-state index in [2.05, 4.69) is 37.7 Å². The topological polar surface area (TPSA) is 25.8 Å². The third-order valence-corrected chi connectivity index (χ3v) is 1.36. The maximum absolute atomic E-state index is 4.00. The molecule has 1 aromatic heterocycles. The van der Waals surface area contributed by atoms with Crippen molar-refractivity contribution in [3.05, 3.63) is 23.8 Å². The molecule has 0 aliphatic carbocycles. The van der Waals surface area contributed by atoms with Crippen LogP contribution in [-0.2, 0) is 0 Å². The van der Waals surface area contributed by atoms with Crippen molar-refractivity contribution in [2.45, 2.75) is 6.92 Å². The highest BCUT2D eigenvalue weighted by atomic mass is 79.9. The molecule has 1 rings (SSSR count). The Morgan fingerprint density at radius 3 is 2.64 bits per heavy atom. The van der Waals surface area contributed by atoms with Gasteiger partial charge in [-0.2, -0.15) is 0 Å². The fraction of sp³-hybridized carbons (Fsp3) is 0.250. The van der Waals surface area contributed by atoms with E-state index >= 15 is 0 Å². The molecule has 0 bridgehead atoms. The summed E-state index contributed by atoms with van der Waals surface area (Å²) >= 11 is 3.21. The SMILES string of the molecule is Cc1ncc(C#CCBr)cn1. The summed E-state index contributed by atoms with van der Waals surface area (Å²) in [7, 11) is 0. The first-order chi connectivity index (χ1) is 5.33. The molecule has 0 aliphatic rings. The minimum absolute atomic E-state index is 0.681. The van der Waals surface area contributed by atoms with E-state index in [1.54, 1.807) is 12.4 Å². The number of hydrogen-bond donors (Lipinski definition) is 0. The van der Waals surface area contributed by atoms with Gasteiger partial charge in [0.15, 0.2) is 0 Å². The molecule has 3 heteroatoms. The van der Waals surface area contributed by atoms with Crippen molar-refractivity contribution >= 4 is 15.9 Å². The average molecular weight is 211 g/mol. The predicted octanol–water partition coefficient (Wildman–Crippen LogP) is 1.53. The van der Waals surface area contributed by atoms with E-state index in [-0.39, 0.29) is 0 Å². The Morgan fingerprint density at radius 2 is 2.09 bits per heavy atom. The molecule has 0 atom stereocenters. The van der Waals surface area contributed by atoms with Crippen LogP contribution in [0.5, 0.6) is 0 Å². The second-order valence-electron chi connectivity index (χ2n) is 1.95. The number of halogens is 1. The molecule has 0 spiro atoms. The lowest BCUT2D eigenvalue weighted by atomic mass is 10.3. The monoisotopic (exact) mass is 210 g/mol. The van der Waals surface area contributed by atoms with Gasteiger partial charge in [0.1, 0.15) is 5.82 Å². The van der Waals surface area contributed by atoms with Crippen molar-refractivity contribution in [1.29, 1.82) is 0 Å². The highest BCUT2D eigenvalue weighted by Gasteiger charge is 1.86. The Balaban J connectivity index is 2.82. The molecule has 2 nitrogen and oxygen atoms in total. The van der Waals surface area contributed by atoms with Crippen LogP contribution in [0.15, 0.2) is 12.4 Å². The fourth-order valence-corrected chi connectivity index (χ4v) is 0.733. The van der Waals surface area contributed by atoms with Crippen LogP contribution in [0.4, 0.5) is 0 Å². The highest BCUT2D eigenvalue weighted by molar-refractivity contribution is 9.09. The molecule has 0 aromatic carbocycles. The number of alkyl halides is 1. The Hall–Kier alpha value is -0.880. The predicted molar refractivity (Wildman–Crippen MR) is 47.4 cm³/mol. The van der Waals surface area contributed by atoms with E-state index in [0.717, 1.165) is 11.4 Å². The minimum Gasteiger partial charge on any atom is -0.240 e. The standard InChI is InChI=1S/C8H7BrN2/c1-7-10-5-8(6-11-7)3-2-4-9/h5-6H,4H2,1H3. The van der Waals surface area contributed by atoms with Crippen LogP contribution in [0.3, 0.4) is 0 Å². The Bertz CT molecular complexity index is 281. The number of rotatable bonds is 0. The first-order valence-corrected chi connectivity index (χ1v) is 4.28. The lowest BCUT2D eigenvalue weighted by molar-refractivity contribution is 1.05. The third-order valence-electron chi connectivity index (χ3n) is 1.08. The van der Waals surface area contributed by atoms with Crippen LogP contribution in [0.25, 0.3) is 0 Å². The molecule has 0 fully saturated rings. The molecule has 1 heterocycles. The van der Waals surface area contributed by atoms with E-state index < -0.39 is 0 Å². The van der Waals surface area contributed by atoms with Gasteiger partial charge in [0, 0.05) is 12.4 Å².